The molecule has 1 fully saturated rings. The Balaban J connectivity index is 1.84. The molecule has 1 unspecified atom stereocenters. The first kappa shape index (κ1) is 14.5. The predicted molar refractivity (Wildman–Crippen MR) is 84.1 cm³/mol. The van der Waals surface area contributed by atoms with Crippen molar-refractivity contribution in [2.75, 3.05) is 0 Å². The lowest BCUT2D eigenvalue weighted by Crippen LogP contribution is -2.43. The van der Waals surface area contributed by atoms with E-state index in [2.05, 4.69) is 4.98 Å². The van der Waals surface area contributed by atoms with Gasteiger partial charge in [0.15, 0.2) is 0 Å². The lowest BCUT2D eigenvalue weighted by Gasteiger charge is -2.32. The number of rotatable bonds is 3. The van der Waals surface area contributed by atoms with Gasteiger partial charge in [-0.15, -0.1) is 0 Å². The Morgan fingerprint density at radius 1 is 1.05 bits per heavy atom. The Labute approximate surface area is 125 Å². The highest BCUT2D eigenvalue weighted by Gasteiger charge is 2.35. The SMILES string of the molecule is OC(Cc1ccnc2ccccc12)C1(O)CCCCCC1. The van der Waals surface area contributed by atoms with Crippen LogP contribution in [0.5, 0.6) is 0 Å². The van der Waals surface area contributed by atoms with Crippen LogP contribution in [0, 0.1) is 0 Å². The maximum atomic E-state index is 10.8. The number of nitrogens with zero attached hydrogens (tertiary/aromatic N) is 1. The van der Waals surface area contributed by atoms with Crippen LogP contribution in [0.2, 0.25) is 0 Å². The minimum atomic E-state index is -0.930. The molecule has 21 heavy (non-hydrogen) atoms. The van der Waals surface area contributed by atoms with E-state index >= 15 is 0 Å². The topological polar surface area (TPSA) is 53.4 Å². The maximum absolute atomic E-state index is 10.8. The summed E-state index contributed by atoms with van der Waals surface area (Å²) in [7, 11) is 0. The summed E-state index contributed by atoms with van der Waals surface area (Å²) in [6.07, 6.45) is 7.30. The predicted octanol–water partition coefficient (Wildman–Crippen LogP) is 3.22. The molecule has 2 N–H and O–H groups in total. The molecule has 1 heterocycles. The van der Waals surface area contributed by atoms with E-state index in [-0.39, 0.29) is 0 Å². The molecule has 1 aliphatic rings. The molecule has 1 aromatic heterocycles. The van der Waals surface area contributed by atoms with Crippen molar-refractivity contribution in [1.29, 1.82) is 0 Å². The van der Waals surface area contributed by atoms with Crippen LogP contribution in [-0.2, 0) is 6.42 Å². The summed E-state index contributed by atoms with van der Waals surface area (Å²) in [6.45, 7) is 0. The molecule has 0 spiro atoms. The molecule has 0 amide bonds. The Morgan fingerprint density at radius 2 is 1.76 bits per heavy atom. The van der Waals surface area contributed by atoms with Gasteiger partial charge in [-0.05, 0) is 30.5 Å². The van der Waals surface area contributed by atoms with E-state index in [4.69, 9.17) is 0 Å². The monoisotopic (exact) mass is 285 g/mol. The van der Waals surface area contributed by atoms with E-state index in [1.807, 2.05) is 30.3 Å². The molecule has 1 atom stereocenters. The molecule has 3 heteroatoms. The van der Waals surface area contributed by atoms with E-state index in [1.54, 1.807) is 6.20 Å². The van der Waals surface area contributed by atoms with Gasteiger partial charge in [-0.3, -0.25) is 4.98 Å². The first-order valence-corrected chi connectivity index (χ1v) is 7.92. The van der Waals surface area contributed by atoms with E-state index in [0.717, 1.165) is 42.1 Å². The smallest absolute Gasteiger partial charge is 0.0908 e. The van der Waals surface area contributed by atoms with Gasteiger partial charge in [-0.2, -0.15) is 0 Å². The number of para-hydroxylation sites is 1. The van der Waals surface area contributed by atoms with Gasteiger partial charge in [0, 0.05) is 18.0 Å². The molecule has 0 bridgehead atoms. The van der Waals surface area contributed by atoms with Gasteiger partial charge in [0.1, 0.15) is 0 Å². The average Bonchev–Trinajstić information content (AvgIpc) is 2.73. The van der Waals surface area contributed by atoms with Gasteiger partial charge >= 0.3 is 0 Å². The first-order valence-electron chi connectivity index (χ1n) is 7.92. The van der Waals surface area contributed by atoms with Crippen molar-refractivity contribution >= 4 is 10.9 Å². The summed E-state index contributed by atoms with van der Waals surface area (Å²) in [5.41, 5.74) is 1.07. The number of fused-ring (bicyclic) bond motifs is 1. The molecular formula is C18H23NO2. The first-order chi connectivity index (χ1) is 10.2. The van der Waals surface area contributed by atoms with Crippen molar-refractivity contribution in [3.05, 3.63) is 42.1 Å². The summed E-state index contributed by atoms with van der Waals surface area (Å²) in [6, 6.07) is 9.91. The number of aliphatic hydroxyl groups is 2. The van der Waals surface area contributed by atoms with Crippen molar-refractivity contribution in [3.63, 3.8) is 0 Å². The van der Waals surface area contributed by atoms with Crippen LogP contribution in [-0.4, -0.2) is 26.9 Å². The molecule has 1 saturated carbocycles. The van der Waals surface area contributed by atoms with Crippen LogP contribution < -0.4 is 0 Å². The van der Waals surface area contributed by atoms with Gasteiger partial charge in [-0.25, -0.2) is 0 Å². The molecule has 1 aliphatic carbocycles. The number of hydrogen-bond donors (Lipinski definition) is 2. The van der Waals surface area contributed by atoms with Gasteiger partial charge in [0.05, 0.1) is 17.2 Å². The third-order valence-electron chi connectivity index (χ3n) is 4.74. The molecule has 1 aromatic carbocycles. The molecule has 3 nitrogen and oxygen atoms in total. The van der Waals surface area contributed by atoms with E-state index in [1.165, 1.54) is 0 Å². The van der Waals surface area contributed by atoms with Gasteiger partial charge in [0.2, 0.25) is 0 Å². The fourth-order valence-electron chi connectivity index (χ4n) is 3.41. The van der Waals surface area contributed by atoms with Crippen LogP contribution in [0.1, 0.15) is 44.1 Å². The standard InChI is InChI=1S/C18H23NO2/c20-17(18(21)10-5-1-2-6-11-18)13-14-9-12-19-16-8-4-3-7-15(14)16/h3-4,7-9,12,17,20-21H,1-2,5-6,10-11,13H2. The number of pyridine rings is 1. The minimum absolute atomic E-state index is 0.486. The number of aliphatic hydroxyl groups excluding tert-OH is 1. The fraction of sp³-hybridized carbons (Fsp3) is 0.500. The molecule has 3 rings (SSSR count). The van der Waals surface area contributed by atoms with E-state index in [0.29, 0.717) is 19.3 Å². The summed E-state index contributed by atoms with van der Waals surface area (Å²) in [5.74, 6) is 0. The highest BCUT2D eigenvalue weighted by Crippen LogP contribution is 2.32. The second kappa shape index (κ2) is 6.12. The second-order valence-corrected chi connectivity index (χ2v) is 6.22. The van der Waals surface area contributed by atoms with Crippen molar-refractivity contribution in [2.24, 2.45) is 0 Å². The zero-order valence-corrected chi connectivity index (χ0v) is 12.3. The van der Waals surface area contributed by atoms with Crippen LogP contribution in [0.25, 0.3) is 10.9 Å². The summed E-state index contributed by atoms with van der Waals surface area (Å²) < 4.78 is 0. The average molecular weight is 285 g/mol. The van der Waals surface area contributed by atoms with E-state index in [9.17, 15) is 10.2 Å². The highest BCUT2D eigenvalue weighted by atomic mass is 16.3. The summed E-state index contributed by atoms with van der Waals surface area (Å²) in [5, 5.41) is 22.5. The van der Waals surface area contributed by atoms with Crippen LogP contribution in [0.4, 0.5) is 0 Å². The van der Waals surface area contributed by atoms with Gasteiger partial charge < -0.3 is 10.2 Å². The summed E-state index contributed by atoms with van der Waals surface area (Å²) in [4.78, 5) is 4.35. The maximum Gasteiger partial charge on any atom is 0.0908 e. The molecule has 0 aliphatic heterocycles. The Hall–Kier alpha value is -1.45. The number of aromatic nitrogens is 1. The lowest BCUT2D eigenvalue weighted by molar-refractivity contribution is -0.0835. The normalized spacial score (nSPS) is 20.1. The quantitative estimate of drug-likeness (QED) is 0.851. The molecular weight excluding hydrogens is 262 g/mol. The zero-order chi connectivity index (χ0) is 14.7. The third kappa shape index (κ3) is 3.09. The lowest BCUT2D eigenvalue weighted by atomic mass is 9.84. The van der Waals surface area contributed by atoms with Crippen molar-refractivity contribution in [2.45, 2.75) is 56.7 Å². The third-order valence-corrected chi connectivity index (χ3v) is 4.74. The van der Waals surface area contributed by atoms with Gasteiger partial charge in [0.25, 0.3) is 0 Å². The Kier molecular flexibility index (Phi) is 4.22. The van der Waals surface area contributed by atoms with Crippen molar-refractivity contribution in [1.82, 2.24) is 4.98 Å². The van der Waals surface area contributed by atoms with Crippen molar-refractivity contribution in [3.8, 4) is 0 Å². The van der Waals surface area contributed by atoms with E-state index < -0.39 is 11.7 Å². The zero-order valence-electron chi connectivity index (χ0n) is 12.3. The fourth-order valence-corrected chi connectivity index (χ4v) is 3.41. The molecule has 112 valence electrons. The number of benzene rings is 1. The molecule has 0 saturated heterocycles. The molecule has 2 aromatic rings. The van der Waals surface area contributed by atoms with Crippen LogP contribution in [0.15, 0.2) is 36.5 Å². The van der Waals surface area contributed by atoms with Crippen molar-refractivity contribution < 1.29 is 10.2 Å². The molecule has 0 radical (unpaired) electrons. The van der Waals surface area contributed by atoms with Gasteiger partial charge in [-0.1, -0.05) is 43.9 Å². The Bertz CT molecular complexity index is 598. The van der Waals surface area contributed by atoms with Crippen LogP contribution >= 0.6 is 0 Å². The highest BCUT2D eigenvalue weighted by molar-refractivity contribution is 5.81. The summed E-state index contributed by atoms with van der Waals surface area (Å²) >= 11 is 0. The minimum Gasteiger partial charge on any atom is -0.390 e. The largest absolute Gasteiger partial charge is 0.390 e. The Morgan fingerprint density at radius 3 is 2.52 bits per heavy atom. The van der Waals surface area contributed by atoms with Crippen LogP contribution in [0.3, 0.4) is 0 Å². The second-order valence-electron chi connectivity index (χ2n) is 6.22. The number of hydrogen-bond acceptors (Lipinski definition) is 3.